The molecule has 1 aliphatic heterocycles. The van der Waals surface area contributed by atoms with E-state index in [0.717, 1.165) is 32.6 Å². The number of para-hydroxylation sites is 1. The van der Waals surface area contributed by atoms with E-state index in [4.69, 9.17) is 0 Å². The Hall–Kier alpha value is -3.17. The minimum absolute atomic E-state index is 0. The summed E-state index contributed by atoms with van der Waals surface area (Å²) in [7, 11) is 1.87. The van der Waals surface area contributed by atoms with Crippen LogP contribution in [0.2, 0.25) is 0 Å². The first-order valence-corrected chi connectivity index (χ1v) is 12.3. The normalized spacial score (nSPS) is 15.7. The third-order valence-electron chi connectivity index (χ3n) is 6.27. The van der Waals surface area contributed by atoms with E-state index >= 15 is 0 Å². The highest BCUT2D eigenvalue weighted by atomic mass is 32.2. The van der Waals surface area contributed by atoms with E-state index in [1.54, 1.807) is 18.4 Å². The zero-order valence-corrected chi connectivity index (χ0v) is 20.0. The van der Waals surface area contributed by atoms with Gasteiger partial charge in [-0.2, -0.15) is 0 Å². The predicted molar refractivity (Wildman–Crippen MR) is 133 cm³/mol. The van der Waals surface area contributed by atoms with Gasteiger partial charge in [0.1, 0.15) is 5.82 Å². The molecule has 0 saturated heterocycles. The number of hydrogen-bond donors (Lipinski definition) is 1. The average Bonchev–Trinajstić information content (AvgIpc) is 3.13. The molecule has 1 aliphatic rings. The number of nitrogens with zero attached hydrogens (tertiary/aromatic N) is 3. The molecule has 3 amide bonds. The molecule has 1 atom stereocenters. The third-order valence-corrected chi connectivity index (χ3v) is 6.70. The highest BCUT2D eigenvalue weighted by molar-refractivity contribution is 7.97. The quantitative estimate of drug-likeness (QED) is 0.393. The molecule has 1 aromatic heterocycles. The Morgan fingerprint density at radius 2 is 1.97 bits per heavy atom. The van der Waals surface area contributed by atoms with Crippen molar-refractivity contribution in [3.8, 4) is 0 Å². The first-order valence-electron chi connectivity index (χ1n) is 11.0. The lowest BCUT2D eigenvalue weighted by Gasteiger charge is -2.34. The van der Waals surface area contributed by atoms with Crippen LogP contribution >= 0.6 is 11.9 Å². The molecule has 34 heavy (non-hydrogen) atoms. The van der Waals surface area contributed by atoms with Gasteiger partial charge in [0.05, 0.1) is 6.04 Å². The molecule has 0 radical (unpaired) electrons. The Labute approximate surface area is 203 Å². The summed E-state index contributed by atoms with van der Waals surface area (Å²) in [6.07, 6.45) is 2.77. The van der Waals surface area contributed by atoms with E-state index in [0.29, 0.717) is 25.9 Å². The Morgan fingerprint density at radius 1 is 1.24 bits per heavy atom. The number of amides is 3. The topological polar surface area (TPSA) is 74.6 Å². The van der Waals surface area contributed by atoms with Crippen molar-refractivity contribution in [2.75, 3.05) is 19.8 Å². The fourth-order valence-electron chi connectivity index (χ4n) is 4.55. The fraction of sp³-hybridized carbons (Fsp3) is 0.320. The molecule has 180 valence electrons. The second kappa shape index (κ2) is 10.4. The number of imide groups is 1. The molecule has 2 heterocycles. The second-order valence-corrected chi connectivity index (χ2v) is 9.02. The molecule has 0 fully saturated rings. The van der Waals surface area contributed by atoms with Gasteiger partial charge in [0, 0.05) is 50.3 Å². The smallest absolute Gasteiger partial charge is 0.246 e. The highest BCUT2D eigenvalue weighted by Crippen LogP contribution is 2.33. The Morgan fingerprint density at radius 3 is 2.68 bits per heavy atom. The first kappa shape index (κ1) is 24.0. The van der Waals surface area contributed by atoms with Gasteiger partial charge in [-0.15, -0.1) is 0 Å². The molecular weight excluding hydrogens is 455 g/mol. The summed E-state index contributed by atoms with van der Waals surface area (Å²) in [4.78, 5) is 39.8. The number of aromatic nitrogens is 1. The Bertz CT molecular complexity index is 1220. The van der Waals surface area contributed by atoms with Gasteiger partial charge in [0.15, 0.2) is 0 Å². The van der Waals surface area contributed by atoms with Crippen molar-refractivity contribution < 1.29 is 20.2 Å². The minimum Gasteiger partial charge on any atom is -0.339 e. The largest absolute Gasteiger partial charge is 0.339 e. The van der Waals surface area contributed by atoms with Crippen molar-refractivity contribution in [3.05, 3.63) is 71.2 Å². The van der Waals surface area contributed by atoms with Gasteiger partial charge in [-0.3, -0.25) is 24.2 Å². The third kappa shape index (κ3) is 4.85. The maximum absolute atomic E-state index is 13.4. The first-order chi connectivity index (χ1) is 16.4. The summed E-state index contributed by atoms with van der Waals surface area (Å²) in [6, 6.07) is 14.0. The molecule has 2 aromatic carbocycles. The Balaban J connectivity index is 0.00000342. The van der Waals surface area contributed by atoms with Crippen molar-refractivity contribution in [3.63, 3.8) is 0 Å². The van der Waals surface area contributed by atoms with Crippen LogP contribution in [0, 0.1) is 5.82 Å². The molecule has 0 aliphatic carbocycles. The number of rotatable bonds is 8. The molecule has 9 heteroatoms. The van der Waals surface area contributed by atoms with Crippen LogP contribution < -0.4 is 4.72 Å². The molecule has 0 saturated carbocycles. The number of nitrogens with one attached hydrogen (secondary N) is 1. The average molecular weight is 485 g/mol. The van der Waals surface area contributed by atoms with Crippen molar-refractivity contribution in [1.29, 1.82) is 0 Å². The van der Waals surface area contributed by atoms with E-state index in [2.05, 4.69) is 15.4 Å². The molecule has 4 rings (SSSR count). The minimum atomic E-state index is -0.508. The molecule has 0 spiro atoms. The van der Waals surface area contributed by atoms with Gasteiger partial charge < -0.3 is 9.29 Å². The van der Waals surface area contributed by atoms with Crippen LogP contribution in [0.25, 0.3) is 10.9 Å². The molecule has 0 bridgehead atoms. The number of carbonyl (C=O) groups excluding carboxylic acids is 3. The second-order valence-electron chi connectivity index (χ2n) is 8.41. The lowest BCUT2D eigenvalue weighted by atomic mass is 9.96. The number of benzene rings is 2. The van der Waals surface area contributed by atoms with Crippen molar-refractivity contribution in [2.45, 2.75) is 32.0 Å². The SMILES string of the molecule is CSNC(=O)CCN(C=O)C(=O)C1Cc2c(n(Cc3ccc(F)cc3)c3ccccc23)CN1C.[HH]. The number of carbonyl (C=O) groups is 3. The molecule has 1 N–H and O–H groups in total. The van der Waals surface area contributed by atoms with E-state index in [1.165, 1.54) is 24.1 Å². The van der Waals surface area contributed by atoms with Gasteiger partial charge in [-0.25, -0.2) is 4.39 Å². The maximum Gasteiger partial charge on any atom is 0.246 e. The molecular formula is C25H29FN4O3S. The molecule has 3 aromatic rings. The monoisotopic (exact) mass is 484 g/mol. The van der Waals surface area contributed by atoms with Crippen LogP contribution in [0.5, 0.6) is 0 Å². The summed E-state index contributed by atoms with van der Waals surface area (Å²) in [6.45, 7) is 1.16. The van der Waals surface area contributed by atoms with Crippen LogP contribution in [0.1, 0.15) is 24.7 Å². The van der Waals surface area contributed by atoms with Gasteiger partial charge in [-0.1, -0.05) is 42.3 Å². The number of likely N-dealkylation sites (N-methyl/N-ethyl adjacent to an activating group) is 1. The predicted octanol–water partition coefficient (Wildman–Crippen LogP) is 3.20. The van der Waals surface area contributed by atoms with Gasteiger partial charge in [-0.05, 0) is 42.8 Å². The van der Waals surface area contributed by atoms with Gasteiger partial charge >= 0.3 is 0 Å². The number of fused-ring (bicyclic) bond motifs is 3. The van der Waals surface area contributed by atoms with Crippen molar-refractivity contribution in [1.82, 2.24) is 19.1 Å². The van der Waals surface area contributed by atoms with Crippen molar-refractivity contribution >= 4 is 41.1 Å². The summed E-state index contributed by atoms with van der Waals surface area (Å²) < 4.78 is 18.2. The van der Waals surface area contributed by atoms with Gasteiger partial charge in [0.25, 0.3) is 0 Å². The number of hydrogen-bond acceptors (Lipinski definition) is 5. The summed E-state index contributed by atoms with van der Waals surface area (Å²) in [5.74, 6) is -0.805. The van der Waals surface area contributed by atoms with E-state index in [9.17, 15) is 18.8 Å². The fourth-order valence-corrected chi connectivity index (χ4v) is 4.88. The van der Waals surface area contributed by atoms with Crippen molar-refractivity contribution in [2.24, 2.45) is 0 Å². The van der Waals surface area contributed by atoms with Crippen LogP contribution in [0.15, 0.2) is 48.5 Å². The lowest BCUT2D eigenvalue weighted by Crippen LogP contribution is -2.50. The molecule has 1 unspecified atom stereocenters. The maximum atomic E-state index is 13.4. The van der Waals surface area contributed by atoms with E-state index in [-0.39, 0.29) is 32.0 Å². The van der Waals surface area contributed by atoms with Crippen LogP contribution in [0.3, 0.4) is 0 Å². The van der Waals surface area contributed by atoms with Gasteiger partial charge in [0.2, 0.25) is 18.2 Å². The van der Waals surface area contributed by atoms with E-state index in [1.807, 2.05) is 30.1 Å². The summed E-state index contributed by atoms with van der Waals surface area (Å²) in [5, 5.41) is 1.07. The molecule has 7 nitrogen and oxygen atoms in total. The zero-order chi connectivity index (χ0) is 24.2. The van der Waals surface area contributed by atoms with E-state index < -0.39 is 6.04 Å². The lowest BCUT2D eigenvalue weighted by molar-refractivity contribution is -0.142. The zero-order valence-electron chi connectivity index (χ0n) is 19.2. The summed E-state index contributed by atoms with van der Waals surface area (Å²) >= 11 is 1.18. The van der Waals surface area contributed by atoms with Crippen LogP contribution in [-0.4, -0.2) is 58.5 Å². The Kier molecular flexibility index (Phi) is 7.33. The van der Waals surface area contributed by atoms with Crippen LogP contribution in [0.4, 0.5) is 4.39 Å². The summed E-state index contributed by atoms with van der Waals surface area (Å²) in [5.41, 5.74) is 4.23. The standard InChI is InChI=1S/C25H27FN4O3S.H2/c1-28-15-23-20(13-22(28)25(33)29(16-31)12-11-24(32)27-34-2)19-5-3-4-6-21(19)30(23)14-17-7-9-18(26)10-8-17;/h3-10,16,22H,11-15H2,1-2H3,(H,27,32);1H. The number of halogens is 1. The highest BCUT2D eigenvalue weighted by Gasteiger charge is 2.35. The van der Waals surface area contributed by atoms with Crippen LogP contribution in [-0.2, 0) is 33.9 Å².